The molecular weight excluding hydrogens is 146 g/mol. The van der Waals surface area contributed by atoms with Crippen molar-refractivity contribution in [2.24, 2.45) is 5.16 Å². The van der Waals surface area contributed by atoms with Crippen LogP contribution in [0.25, 0.3) is 0 Å². The van der Waals surface area contributed by atoms with Gasteiger partial charge < -0.3 is 5.21 Å². The molecule has 58 valence electrons. The zero-order valence-electron chi connectivity index (χ0n) is 5.82. The van der Waals surface area contributed by atoms with Gasteiger partial charge in [0.15, 0.2) is 5.69 Å². The van der Waals surface area contributed by atoms with Crippen molar-refractivity contribution in [3.8, 4) is 0 Å². The predicted octanol–water partition coefficient (Wildman–Crippen LogP) is 0.584. The highest BCUT2D eigenvalue weighted by Gasteiger charge is 2.21. The Kier molecular flexibility index (Phi) is 1.34. The van der Waals surface area contributed by atoms with E-state index in [1.807, 2.05) is 0 Å². The number of rotatable bonds is 0. The van der Waals surface area contributed by atoms with E-state index in [2.05, 4.69) is 20.1 Å². The van der Waals surface area contributed by atoms with Crippen molar-refractivity contribution in [2.45, 2.75) is 19.3 Å². The lowest BCUT2D eigenvalue weighted by atomic mass is 9.99. The lowest BCUT2D eigenvalue weighted by Crippen LogP contribution is -2.11. The maximum atomic E-state index is 8.53. The zero-order chi connectivity index (χ0) is 7.68. The van der Waals surface area contributed by atoms with Crippen LogP contribution >= 0.6 is 0 Å². The zero-order valence-corrected chi connectivity index (χ0v) is 5.82. The van der Waals surface area contributed by atoms with Crippen molar-refractivity contribution in [2.75, 3.05) is 0 Å². The van der Waals surface area contributed by atoms with Crippen molar-refractivity contribution >= 4 is 5.71 Å². The SMILES string of the molecule is ON=C1CCCc2nonc21. The Hall–Kier alpha value is -1.39. The van der Waals surface area contributed by atoms with E-state index >= 15 is 0 Å². The van der Waals surface area contributed by atoms with Crippen molar-refractivity contribution in [1.82, 2.24) is 10.3 Å². The fourth-order valence-corrected chi connectivity index (χ4v) is 1.23. The highest BCUT2D eigenvalue weighted by molar-refractivity contribution is 5.99. The Bertz CT molecular complexity index is 292. The molecule has 1 heterocycles. The summed E-state index contributed by atoms with van der Waals surface area (Å²) < 4.78 is 4.51. The maximum absolute atomic E-state index is 8.53. The van der Waals surface area contributed by atoms with Crippen LogP contribution in [0.3, 0.4) is 0 Å². The van der Waals surface area contributed by atoms with E-state index in [0.29, 0.717) is 11.4 Å². The molecule has 0 aromatic carbocycles. The molecule has 0 unspecified atom stereocenters. The van der Waals surface area contributed by atoms with Crippen molar-refractivity contribution in [1.29, 1.82) is 0 Å². The second-order valence-corrected chi connectivity index (χ2v) is 2.46. The molecule has 1 aromatic rings. The van der Waals surface area contributed by atoms with Crippen LogP contribution in [-0.4, -0.2) is 21.2 Å². The van der Waals surface area contributed by atoms with Crippen LogP contribution in [0.15, 0.2) is 9.78 Å². The summed E-state index contributed by atoms with van der Waals surface area (Å²) in [5.41, 5.74) is 1.98. The smallest absolute Gasteiger partial charge is 0.155 e. The van der Waals surface area contributed by atoms with E-state index in [9.17, 15) is 0 Å². The van der Waals surface area contributed by atoms with Gasteiger partial charge in [0.1, 0.15) is 11.4 Å². The van der Waals surface area contributed by atoms with Gasteiger partial charge in [0, 0.05) is 0 Å². The van der Waals surface area contributed by atoms with Gasteiger partial charge in [0.2, 0.25) is 0 Å². The molecule has 0 atom stereocenters. The highest BCUT2D eigenvalue weighted by atomic mass is 16.6. The van der Waals surface area contributed by atoms with E-state index in [1.165, 1.54) is 0 Å². The topological polar surface area (TPSA) is 71.5 Å². The summed E-state index contributed by atoms with van der Waals surface area (Å²) in [6, 6.07) is 0. The molecule has 5 heteroatoms. The lowest BCUT2D eigenvalue weighted by Gasteiger charge is -2.06. The molecule has 2 rings (SSSR count). The van der Waals surface area contributed by atoms with Gasteiger partial charge in [-0.05, 0) is 24.4 Å². The standard InChI is InChI=1S/C6H7N3O2/c10-7-4-2-1-3-5-6(4)9-11-8-5/h10H,1-3H2. The van der Waals surface area contributed by atoms with Gasteiger partial charge in [-0.15, -0.1) is 0 Å². The second kappa shape index (κ2) is 2.34. The number of hydrogen-bond donors (Lipinski definition) is 1. The fourth-order valence-electron chi connectivity index (χ4n) is 1.23. The first kappa shape index (κ1) is 6.33. The minimum absolute atomic E-state index is 0.576. The van der Waals surface area contributed by atoms with E-state index in [4.69, 9.17) is 5.21 Å². The largest absolute Gasteiger partial charge is 0.411 e. The Morgan fingerprint density at radius 3 is 3.09 bits per heavy atom. The molecule has 1 N–H and O–H groups in total. The van der Waals surface area contributed by atoms with Gasteiger partial charge in [-0.3, -0.25) is 0 Å². The van der Waals surface area contributed by atoms with Gasteiger partial charge in [-0.2, -0.15) is 0 Å². The second-order valence-electron chi connectivity index (χ2n) is 2.46. The quantitative estimate of drug-likeness (QED) is 0.437. The minimum atomic E-state index is 0.576. The fraction of sp³-hybridized carbons (Fsp3) is 0.500. The van der Waals surface area contributed by atoms with Crippen LogP contribution in [-0.2, 0) is 6.42 Å². The molecule has 0 bridgehead atoms. The molecule has 0 amide bonds. The summed E-state index contributed by atoms with van der Waals surface area (Å²) >= 11 is 0. The first-order chi connectivity index (χ1) is 5.42. The number of hydrogen-bond acceptors (Lipinski definition) is 5. The third kappa shape index (κ3) is 0.886. The normalized spacial score (nSPS) is 20.2. The summed E-state index contributed by atoms with van der Waals surface area (Å²) in [6.07, 6.45) is 2.55. The van der Waals surface area contributed by atoms with Crippen molar-refractivity contribution < 1.29 is 9.84 Å². The van der Waals surface area contributed by atoms with Gasteiger partial charge >= 0.3 is 0 Å². The van der Waals surface area contributed by atoms with Gasteiger partial charge in [0.05, 0.1) is 0 Å². The first-order valence-corrected chi connectivity index (χ1v) is 3.44. The number of aromatic nitrogens is 2. The summed E-state index contributed by atoms with van der Waals surface area (Å²) in [7, 11) is 0. The van der Waals surface area contributed by atoms with Crippen LogP contribution in [0.4, 0.5) is 0 Å². The molecule has 0 saturated heterocycles. The molecule has 1 aliphatic carbocycles. The van der Waals surface area contributed by atoms with E-state index in [1.54, 1.807) is 0 Å². The highest BCUT2D eigenvalue weighted by Crippen LogP contribution is 2.17. The average Bonchev–Trinajstić information content (AvgIpc) is 2.50. The molecule has 1 aliphatic rings. The maximum Gasteiger partial charge on any atom is 0.155 e. The number of nitrogens with zero attached hydrogens (tertiary/aromatic N) is 3. The number of oxime groups is 1. The Morgan fingerprint density at radius 1 is 1.36 bits per heavy atom. The average molecular weight is 153 g/mol. The molecule has 0 spiro atoms. The van der Waals surface area contributed by atoms with Crippen LogP contribution < -0.4 is 0 Å². The Labute approximate surface area is 62.7 Å². The molecule has 1 aromatic heterocycles. The van der Waals surface area contributed by atoms with Gasteiger partial charge in [-0.1, -0.05) is 10.3 Å². The minimum Gasteiger partial charge on any atom is -0.411 e. The number of fused-ring (bicyclic) bond motifs is 1. The van der Waals surface area contributed by atoms with Crippen LogP contribution in [0.1, 0.15) is 24.2 Å². The summed E-state index contributed by atoms with van der Waals surface area (Å²) in [5.74, 6) is 0. The van der Waals surface area contributed by atoms with Crippen LogP contribution in [0.5, 0.6) is 0 Å². The summed E-state index contributed by atoms with van der Waals surface area (Å²) in [4.78, 5) is 0. The van der Waals surface area contributed by atoms with Gasteiger partial charge in [-0.25, -0.2) is 4.63 Å². The van der Waals surface area contributed by atoms with Gasteiger partial charge in [0.25, 0.3) is 0 Å². The molecule has 0 fully saturated rings. The Balaban J connectivity index is 2.48. The molecule has 0 saturated carbocycles. The van der Waals surface area contributed by atoms with Crippen molar-refractivity contribution in [3.05, 3.63) is 11.4 Å². The predicted molar refractivity (Wildman–Crippen MR) is 35.6 cm³/mol. The monoisotopic (exact) mass is 153 g/mol. The summed E-state index contributed by atoms with van der Waals surface area (Å²) in [5, 5.41) is 19.0. The lowest BCUT2D eigenvalue weighted by molar-refractivity contribution is 0.301. The molecule has 0 radical (unpaired) electrons. The molecule has 11 heavy (non-hydrogen) atoms. The third-order valence-corrected chi connectivity index (χ3v) is 1.78. The molecule has 0 aliphatic heterocycles. The van der Waals surface area contributed by atoms with Crippen LogP contribution in [0.2, 0.25) is 0 Å². The van der Waals surface area contributed by atoms with Crippen LogP contribution in [0, 0.1) is 0 Å². The van der Waals surface area contributed by atoms with E-state index < -0.39 is 0 Å². The summed E-state index contributed by atoms with van der Waals surface area (Å²) in [6.45, 7) is 0. The van der Waals surface area contributed by atoms with Crippen molar-refractivity contribution in [3.63, 3.8) is 0 Å². The third-order valence-electron chi connectivity index (χ3n) is 1.78. The van der Waals surface area contributed by atoms with E-state index in [-0.39, 0.29) is 0 Å². The number of aryl methyl sites for hydroxylation is 1. The first-order valence-electron chi connectivity index (χ1n) is 3.44. The molecule has 5 nitrogen and oxygen atoms in total. The van der Waals surface area contributed by atoms with E-state index in [0.717, 1.165) is 25.0 Å². The Morgan fingerprint density at radius 2 is 2.27 bits per heavy atom. The molecular formula is C6H7N3O2.